The number of nitrogens with zero attached hydrogens (tertiary/aromatic N) is 2. The molecule has 0 aromatic heterocycles. The molecule has 1 aromatic rings. The van der Waals surface area contributed by atoms with Gasteiger partial charge in [0.05, 0.1) is 11.6 Å². The first-order valence-corrected chi connectivity index (χ1v) is 7.93. The van der Waals surface area contributed by atoms with Crippen molar-refractivity contribution >= 4 is 0 Å². The highest BCUT2D eigenvalue weighted by molar-refractivity contribution is 5.32. The summed E-state index contributed by atoms with van der Waals surface area (Å²) in [7, 11) is 4.41. The monoisotopic (exact) mass is 285 g/mol. The van der Waals surface area contributed by atoms with E-state index in [1.54, 1.807) is 0 Å². The van der Waals surface area contributed by atoms with Crippen LogP contribution in [0.15, 0.2) is 24.3 Å². The lowest BCUT2D eigenvalue weighted by Crippen LogP contribution is -2.54. The van der Waals surface area contributed by atoms with Gasteiger partial charge in [0.25, 0.3) is 0 Å². The molecule has 0 radical (unpaired) electrons. The summed E-state index contributed by atoms with van der Waals surface area (Å²) in [5, 5.41) is 12.6. The van der Waals surface area contributed by atoms with E-state index >= 15 is 0 Å². The first-order valence-electron chi connectivity index (χ1n) is 7.93. The van der Waals surface area contributed by atoms with Gasteiger partial charge in [-0.15, -0.1) is 0 Å². The number of nitriles is 1. The summed E-state index contributed by atoms with van der Waals surface area (Å²) >= 11 is 0. The average molecular weight is 285 g/mol. The number of benzene rings is 1. The van der Waals surface area contributed by atoms with Gasteiger partial charge in [-0.1, -0.05) is 31.9 Å². The van der Waals surface area contributed by atoms with Gasteiger partial charge in [-0.05, 0) is 50.6 Å². The fraction of sp³-hybridized carbons (Fsp3) is 0.611. The lowest BCUT2D eigenvalue weighted by atomic mass is 9.75. The van der Waals surface area contributed by atoms with E-state index in [0.29, 0.717) is 0 Å². The van der Waals surface area contributed by atoms with E-state index in [1.807, 2.05) is 18.2 Å². The highest BCUT2D eigenvalue weighted by atomic mass is 15.2. The summed E-state index contributed by atoms with van der Waals surface area (Å²) in [6.45, 7) is 4.22. The molecular formula is C18H27N3. The Morgan fingerprint density at radius 2 is 2.24 bits per heavy atom. The van der Waals surface area contributed by atoms with Crippen molar-refractivity contribution < 1.29 is 0 Å². The molecule has 2 atom stereocenters. The van der Waals surface area contributed by atoms with Crippen LogP contribution in [0.3, 0.4) is 0 Å². The predicted molar refractivity (Wildman–Crippen MR) is 86.9 cm³/mol. The molecule has 3 heteroatoms. The molecule has 0 spiro atoms. The molecule has 3 nitrogen and oxygen atoms in total. The number of nitrogens with one attached hydrogen (secondary N) is 1. The van der Waals surface area contributed by atoms with Crippen molar-refractivity contribution in [1.29, 1.82) is 5.26 Å². The van der Waals surface area contributed by atoms with E-state index < -0.39 is 0 Å². The van der Waals surface area contributed by atoms with Crippen LogP contribution in [0.4, 0.5) is 0 Å². The Morgan fingerprint density at radius 3 is 2.90 bits per heavy atom. The van der Waals surface area contributed by atoms with E-state index in [4.69, 9.17) is 5.26 Å². The Kier molecular flexibility index (Phi) is 5.39. The smallest absolute Gasteiger partial charge is 0.0991 e. The van der Waals surface area contributed by atoms with Crippen LogP contribution in [-0.4, -0.2) is 31.1 Å². The maximum atomic E-state index is 8.96. The predicted octanol–water partition coefficient (Wildman–Crippen LogP) is 3.16. The van der Waals surface area contributed by atoms with Crippen LogP contribution in [0.25, 0.3) is 0 Å². The zero-order valence-corrected chi connectivity index (χ0v) is 13.5. The van der Waals surface area contributed by atoms with Gasteiger partial charge in [-0.3, -0.25) is 0 Å². The lowest BCUT2D eigenvalue weighted by molar-refractivity contribution is 0.0749. The van der Waals surface area contributed by atoms with Crippen LogP contribution in [0.5, 0.6) is 0 Å². The minimum Gasteiger partial charge on any atom is -0.311 e. The molecule has 1 aliphatic carbocycles. The largest absolute Gasteiger partial charge is 0.311 e. The summed E-state index contributed by atoms with van der Waals surface area (Å²) in [6.07, 6.45) is 5.23. The Balaban J connectivity index is 1.95. The van der Waals surface area contributed by atoms with E-state index in [0.717, 1.165) is 24.6 Å². The summed E-state index contributed by atoms with van der Waals surface area (Å²) in [5.41, 5.74) is 2.21. The van der Waals surface area contributed by atoms with E-state index in [2.05, 4.69) is 43.4 Å². The summed E-state index contributed by atoms with van der Waals surface area (Å²) < 4.78 is 0. The molecule has 2 unspecified atom stereocenters. The minimum atomic E-state index is 0.282. The van der Waals surface area contributed by atoms with Gasteiger partial charge in [0.2, 0.25) is 0 Å². The van der Waals surface area contributed by atoms with Crippen LogP contribution >= 0.6 is 0 Å². The van der Waals surface area contributed by atoms with Crippen molar-refractivity contribution in [3.63, 3.8) is 0 Å². The normalized spacial score (nSPS) is 25.8. The topological polar surface area (TPSA) is 39.1 Å². The third-order valence-corrected chi connectivity index (χ3v) is 4.86. The van der Waals surface area contributed by atoms with Gasteiger partial charge in [0.1, 0.15) is 0 Å². The van der Waals surface area contributed by atoms with Gasteiger partial charge >= 0.3 is 0 Å². The average Bonchev–Trinajstić information content (AvgIpc) is 2.47. The van der Waals surface area contributed by atoms with Crippen LogP contribution in [0.2, 0.25) is 0 Å². The Labute approximate surface area is 129 Å². The highest BCUT2D eigenvalue weighted by Gasteiger charge is 2.36. The Bertz CT molecular complexity index is 503. The van der Waals surface area contributed by atoms with Crippen LogP contribution in [-0.2, 0) is 6.54 Å². The number of rotatable bonds is 5. The number of likely N-dealkylation sites (N-methyl/N-ethyl adjacent to an activating group) is 1. The standard InChI is InChI=1S/C18H27N3/c1-15-6-5-9-18(11-15,21(2)3)14-20-13-17-8-4-7-16(10-17)12-19/h4,7-8,10,15,20H,5-6,9,11,13-14H2,1-3H3. The quantitative estimate of drug-likeness (QED) is 0.903. The van der Waals surface area contributed by atoms with Crippen molar-refractivity contribution in [3.8, 4) is 6.07 Å². The maximum absolute atomic E-state index is 8.96. The van der Waals surface area contributed by atoms with Gasteiger partial charge in [-0.2, -0.15) is 5.26 Å². The molecule has 1 N–H and O–H groups in total. The molecule has 0 amide bonds. The molecule has 114 valence electrons. The van der Waals surface area contributed by atoms with Gasteiger partial charge in [-0.25, -0.2) is 0 Å². The minimum absolute atomic E-state index is 0.282. The third-order valence-electron chi connectivity index (χ3n) is 4.86. The molecule has 0 aliphatic heterocycles. The SMILES string of the molecule is CC1CCCC(CNCc2cccc(C#N)c2)(N(C)C)C1. The van der Waals surface area contributed by atoms with Crippen LogP contribution < -0.4 is 5.32 Å². The summed E-state index contributed by atoms with van der Waals surface area (Å²) in [6, 6.07) is 10.1. The van der Waals surface area contributed by atoms with Gasteiger partial charge in [0, 0.05) is 18.6 Å². The van der Waals surface area contributed by atoms with Crippen molar-refractivity contribution in [3.05, 3.63) is 35.4 Å². The third kappa shape index (κ3) is 4.06. The second kappa shape index (κ2) is 7.06. The van der Waals surface area contributed by atoms with E-state index in [9.17, 15) is 0 Å². The Hall–Kier alpha value is -1.37. The molecule has 0 heterocycles. The summed E-state index contributed by atoms with van der Waals surface area (Å²) in [4.78, 5) is 2.40. The summed E-state index contributed by atoms with van der Waals surface area (Å²) in [5.74, 6) is 0.810. The lowest BCUT2D eigenvalue weighted by Gasteiger charge is -2.45. The van der Waals surface area contributed by atoms with Crippen molar-refractivity contribution in [2.24, 2.45) is 5.92 Å². The molecule has 1 aliphatic rings. The van der Waals surface area contributed by atoms with Gasteiger partial charge in [0.15, 0.2) is 0 Å². The first-order chi connectivity index (χ1) is 10.1. The van der Waals surface area contributed by atoms with E-state index in [-0.39, 0.29) is 5.54 Å². The van der Waals surface area contributed by atoms with E-state index in [1.165, 1.54) is 31.2 Å². The molecular weight excluding hydrogens is 258 g/mol. The molecule has 21 heavy (non-hydrogen) atoms. The van der Waals surface area contributed by atoms with Crippen molar-refractivity contribution in [1.82, 2.24) is 10.2 Å². The van der Waals surface area contributed by atoms with Crippen molar-refractivity contribution in [2.75, 3.05) is 20.6 Å². The van der Waals surface area contributed by atoms with Crippen LogP contribution in [0.1, 0.15) is 43.7 Å². The van der Waals surface area contributed by atoms with Gasteiger partial charge < -0.3 is 10.2 Å². The molecule has 1 fully saturated rings. The van der Waals surface area contributed by atoms with Crippen LogP contribution in [0, 0.1) is 17.2 Å². The highest BCUT2D eigenvalue weighted by Crippen LogP contribution is 2.35. The molecule has 0 saturated heterocycles. The zero-order valence-electron chi connectivity index (χ0n) is 13.5. The fourth-order valence-electron chi connectivity index (χ4n) is 3.55. The molecule has 0 bridgehead atoms. The Morgan fingerprint density at radius 1 is 1.43 bits per heavy atom. The second-order valence-corrected chi connectivity index (χ2v) is 6.74. The number of hydrogen-bond acceptors (Lipinski definition) is 3. The number of hydrogen-bond donors (Lipinski definition) is 1. The molecule has 2 rings (SSSR count). The first kappa shape index (κ1) is 16.0. The second-order valence-electron chi connectivity index (χ2n) is 6.74. The fourth-order valence-corrected chi connectivity index (χ4v) is 3.55. The molecule has 1 saturated carbocycles. The molecule has 1 aromatic carbocycles. The maximum Gasteiger partial charge on any atom is 0.0991 e. The van der Waals surface area contributed by atoms with Crippen molar-refractivity contribution in [2.45, 2.75) is 44.7 Å². The zero-order chi connectivity index (χ0) is 15.3.